The van der Waals surface area contributed by atoms with Crippen LogP contribution in [-0.2, 0) is 19.4 Å². The fourth-order valence-electron chi connectivity index (χ4n) is 2.37. The van der Waals surface area contributed by atoms with Crippen molar-refractivity contribution in [1.29, 1.82) is 0 Å². The molecule has 0 amide bonds. The molecule has 0 fully saturated rings. The SMILES string of the molecule is CCc1nc2n(n1)CC(Nc1cncc(C)n1)CC2. The Bertz CT molecular complexity index is 576. The second kappa shape index (κ2) is 4.95. The van der Waals surface area contributed by atoms with Gasteiger partial charge in [-0.3, -0.25) is 4.98 Å². The third kappa shape index (κ3) is 2.57. The molecule has 6 nitrogen and oxygen atoms in total. The minimum Gasteiger partial charge on any atom is -0.364 e. The van der Waals surface area contributed by atoms with E-state index in [1.807, 2.05) is 11.6 Å². The zero-order valence-electron chi connectivity index (χ0n) is 11.3. The molecule has 1 unspecified atom stereocenters. The van der Waals surface area contributed by atoms with Gasteiger partial charge in [-0.15, -0.1) is 0 Å². The summed E-state index contributed by atoms with van der Waals surface area (Å²) in [6.07, 6.45) is 6.43. The Balaban J connectivity index is 1.71. The van der Waals surface area contributed by atoms with Crippen LogP contribution in [0.3, 0.4) is 0 Å². The van der Waals surface area contributed by atoms with E-state index in [1.54, 1.807) is 12.4 Å². The summed E-state index contributed by atoms with van der Waals surface area (Å²) >= 11 is 0. The number of nitrogens with one attached hydrogen (secondary N) is 1. The molecule has 1 aliphatic heterocycles. The van der Waals surface area contributed by atoms with Gasteiger partial charge in [0.1, 0.15) is 11.6 Å². The van der Waals surface area contributed by atoms with E-state index in [1.165, 1.54) is 0 Å². The van der Waals surface area contributed by atoms with Gasteiger partial charge in [-0.2, -0.15) is 5.10 Å². The first-order valence-electron chi connectivity index (χ1n) is 6.72. The zero-order chi connectivity index (χ0) is 13.2. The summed E-state index contributed by atoms with van der Waals surface area (Å²) in [7, 11) is 0. The standard InChI is InChI=1S/C13H18N6/c1-3-11-17-13-5-4-10(8-19(13)18-11)16-12-7-14-6-9(2)15-12/h6-7,10H,3-5,8H2,1-2H3,(H,15,16). The molecule has 0 aromatic carbocycles. The molecule has 1 atom stereocenters. The molecular formula is C13H18N6. The average molecular weight is 258 g/mol. The van der Waals surface area contributed by atoms with Crippen LogP contribution in [0.25, 0.3) is 0 Å². The molecule has 6 heteroatoms. The van der Waals surface area contributed by atoms with Gasteiger partial charge >= 0.3 is 0 Å². The van der Waals surface area contributed by atoms with E-state index in [2.05, 4.69) is 32.3 Å². The van der Waals surface area contributed by atoms with E-state index in [9.17, 15) is 0 Å². The van der Waals surface area contributed by atoms with E-state index in [-0.39, 0.29) is 0 Å². The lowest BCUT2D eigenvalue weighted by molar-refractivity contribution is 0.439. The van der Waals surface area contributed by atoms with Crippen molar-refractivity contribution in [3.05, 3.63) is 29.7 Å². The Morgan fingerprint density at radius 2 is 2.26 bits per heavy atom. The minimum atomic E-state index is 0.343. The molecule has 0 radical (unpaired) electrons. The van der Waals surface area contributed by atoms with Crippen LogP contribution in [0.4, 0.5) is 5.82 Å². The Labute approximate surface area is 112 Å². The number of hydrogen-bond donors (Lipinski definition) is 1. The highest BCUT2D eigenvalue weighted by Crippen LogP contribution is 2.16. The molecule has 100 valence electrons. The largest absolute Gasteiger partial charge is 0.364 e. The van der Waals surface area contributed by atoms with Crippen molar-refractivity contribution < 1.29 is 0 Å². The van der Waals surface area contributed by atoms with Crippen molar-refractivity contribution in [3.63, 3.8) is 0 Å². The molecule has 3 heterocycles. The summed E-state index contributed by atoms with van der Waals surface area (Å²) in [5.74, 6) is 2.88. The van der Waals surface area contributed by atoms with Crippen molar-refractivity contribution in [2.75, 3.05) is 5.32 Å². The quantitative estimate of drug-likeness (QED) is 0.900. The molecular weight excluding hydrogens is 240 g/mol. The Hall–Kier alpha value is -1.98. The van der Waals surface area contributed by atoms with E-state index in [4.69, 9.17) is 0 Å². The normalized spacial score (nSPS) is 18.1. The van der Waals surface area contributed by atoms with E-state index in [0.29, 0.717) is 6.04 Å². The number of nitrogens with zero attached hydrogens (tertiary/aromatic N) is 5. The molecule has 0 aliphatic carbocycles. The topological polar surface area (TPSA) is 68.5 Å². The van der Waals surface area contributed by atoms with Gasteiger partial charge in [-0.25, -0.2) is 14.6 Å². The zero-order valence-corrected chi connectivity index (χ0v) is 11.3. The van der Waals surface area contributed by atoms with Gasteiger partial charge in [0.2, 0.25) is 0 Å². The van der Waals surface area contributed by atoms with Gasteiger partial charge in [-0.05, 0) is 13.3 Å². The van der Waals surface area contributed by atoms with Crippen LogP contribution < -0.4 is 5.32 Å². The van der Waals surface area contributed by atoms with Crippen molar-refractivity contribution >= 4 is 5.82 Å². The molecule has 2 aromatic heterocycles. The number of rotatable bonds is 3. The molecule has 19 heavy (non-hydrogen) atoms. The lowest BCUT2D eigenvalue weighted by atomic mass is 10.1. The van der Waals surface area contributed by atoms with Gasteiger partial charge in [0.05, 0.1) is 18.4 Å². The van der Waals surface area contributed by atoms with Crippen LogP contribution in [0.15, 0.2) is 12.4 Å². The summed E-state index contributed by atoms with van der Waals surface area (Å²) in [6.45, 7) is 4.87. The number of anilines is 1. The minimum absolute atomic E-state index is 0.343. The Kier molecular flexibility index (Phi) is 3.15. The first-order chi connectivity index (χ1) is 9.24. The number of hydrogen-bond acceptors (Lipinski definition) is 5. The fraction of sp³-hybridized carbons (Fsp3) is 0.538. The van der Waals surface area contributed by atoms with Gasteiger partial charge in [0.15, 0.2) is 5.82 Å². The maximum Gasteiger partial charge on any atom is 0.150 e. The second-order valence-corrected chi connectivity index (χ2v) is 4.91. The lowest BCUT2D eigenvalue weighted by Crippen LogP contribution is -2.32. The van der Waals surface area contributed by atoms with Crippen molar-refractivity contribution in [2.24, 2.45) is 0 Å². The summed E-state index contributed by atoms with van der Waals surface area (Å²) in [5.41, 5.74) is 0.926. The van der Waals surface area contributed by atoms with Gasteiger partial charge in [-0.1, -0.05) is 6.92 Å². The highest BCUT2D eigenvalue weighted by atomic mass is 15.4. The smallest absolute Gasteiger partial charge is 0.150 e. The maximum atomic E-state index is 4.52. The summed E-state index contributed by atoms with van der Waals surface area (Å²) in [6, 6.07) is 0.343. The number of fused-ring (bicyclic) bond motifs is 1. The Morgan fingerprint density at radius 3 is 3.05 bits per heavy atom. The van der Waals surface area contributed by atoms with Crippen LogP contribution >= 0.6 is 0 Å². The number of aryl methyl sites for hydroxylation is 3. The van der Waals surface area contributed by atoms with Gasteiger partial charge in [0, 0.05) is 25.1 Å². The maximum absolute atomic E-state index is 4.52. The number of aromatic nitrogens is 5. The van der Waals surface area contributed by atoms with Crippen LogP contribution in [0.5, 0.6) is 0 Å². The van der Waals surface area contributed by atoms with Crippen LogP contribution in [0.2, 0.25) is 0 Å². The van der Waals surface area contributed by atoms with Crippen LogP contribution in [-0.4, -0.2) is 30.8 Å². The van der Waals surface area contributed by atoms with Crippen molar-refractivity contribution in [1.82, 2.24) is 24.7 Å². The highest BCUT2D eigenvalue weighted by molar-refractivity contribution is 5.33. The third-order valence-corrected chi connectivity index (χ3v) is 3.33. The second-order valence-electron chi connectivity index (χ2n) is 4.91. The first-order valence-corrected chi connectivity index (χ1v) is 6.72. The third-order valence-electron chi connectivity index (χ3n) is 3.33. The average Bonchev–Trinajstić information content (AvgIpc) is 2.81. The molecule has 1 N–H and O–H groups in total. The van der Waals surface area contributed by atoms with Crippen molar-refractivity contribution in [2.45, 2.75) is 45.7 Å². The molecule has 0 spiro atoms. The van der Waals surface area contributed by atoms with Gasteiger partial charge < -0.3 is 5.32 Å². The predicted octanol–water partition coefficient (Wildman–Crippen LogP) is 1.37. The van der Waals surface area contributed by atoms with Crippen molar-refractivity contribution in [3.8, 4) is 0 Å². The summed E-state index contributed by atoms with van der Waals surface area (Å²) in [5, 5.41) is 7.94. The monoisotopic (exact) mass is 258 g/mol. The molecule has 1 aliphatic rings. The van der Waals surface area contributed by atoms with Gasteiger partial charge in [0.25, 0.3) is 0 Å². The van der Waals surface area contributed by atoms with Crippen LogP contribution in [0.1, 0.15) is 30.7 Å². The molecule has 0 bridgehead atoms. The fourth-order valence-corrected chi connectivity index (χ4v) is 2.37. The van der Waals surface area contributed by atoms with E-state index >= 15 is 0 Å². The molecule has 0 saturated heterocycles. The van der Waals surface area contributed by atoms with E-state index < -0.39 is 0 Å². The molecule has 3 rings (SSSR count). The van der Waals surface area contributed by atoms with E-state index in [0.717, 1.165) is 49.0 Å². The predicted molar refractivity (Wildman–Crippen MR) is 71.9 cm³/mol. The highest BCUT2D eigenvalue weighted by Gasteiger charge is 2.21. The summed E-state index contributed by atoms with van der Waals surface area (Å²) < 4.78 is 2.02. The lowest BCUT2D eigenvalue weighted by Gasteiger charge is -2.23. The first kappa shape index (κ1) is 12.1. The summed E-state index contributed by atoms with van der Waals surface area (Å²) in [4.78, 5) is 13.1. The van der Waals surface area contributed by atoms with Crippen LogP contribution in [0, 0.1) is 6.92 Å². The Morgan fingerprint density at radius 1 is 1.37 bits per heavy atom. The molecule has 2 aromatic rings. The molecule has 0 saturated carbocycles.